The fraction of sp³-hybridized carbons (Fsp3) is 0.0909. The first-order valence-corrected chi connectivity index (χ1v) is 5.43. The van der Waals surface area contributed by atoms with Gasteiger partial charge < -0.3 is 5.11 Å². The van der Waals surface area contributed by atoms with E-state index in [0.717, 1.165) is 15.6 Å². The van der Waals surface area contributed by atoms with Gasteiger partial charge in [0.1, 0.15) is 5.69 Å². The number of nitrogens with zero attached hydrogens (tertiary/aromatic N) is 1. The summed E-state index contributed by atoms with van der Waals surface area (Å²) in [6, 6.07) is 7.25. The number of aromatic amines is 1. The third-order valence-electron chi connectivity index (χ3n) is 2.35. The highest BCUT2D eigenvalue weighted by atomic mass is 79.9. The van der Waals surface area contributed by atoms with Gasteiger partial charge in [0.05, 0.1) is 5.69 Å². The summed E-state index contributed by atoms with van der Waals surface area (Å²) in [5.41, 5.74) is 2.68. The lowest BCUT2D eigenvalue weighted by Gasteiger charge is -2.03. The van der Waals surface area contributed by atoms with Crippen molar-refractivity contribution in [3.63, 3.8) is 0 Å². The molecule has 0 atom stereocenters. The number of H-pyrrole nitrogens is 1. The van der Waals surface area contributed by atoms with Crippen molar-refractivity contribution in [2.24, 2.45) is 0 Å². The molecule has 1 aromatic carbocycles. The van der Waals surface area contributed by atoms with Crippen molar-refractivity contribution in [2.45, 2.75) is 6.92 Å². The number of nitrogens with one attached hydrogen (secondary N) is 1. The van der Waals surface area contributed by atoms with Gasteiger partial charge >= 0.3 is 5.97 Å². The van der Waals surface area contributed by atoms with E-state index >= 15 is 0 Å². The number of hydrogen-bond donors (Lipinski definition) is 2. The summed E-state index contributed by atoms with van der Waals surface area (Å²) in [6.07, 6.45) is 0. The van der Waals surface area contributed by atoms with E-state index in [1.54, 1.807) is 0 Å². The molecule has 2 N–H and O–H groups in total. The zero-order valence-electron chi connectivity index (χ0n) is 8.49. The molecule has 4 nitrogen and oxygen atoms in total. The fourth-order valence-electron chi connectivity index (χ4n) is 1.45. The molecule has 1 aromatic heterocycles. The van der Waals surface area contributed by atoms with Crippen molar-refractivity contribution in [1.82, 2.24) is 10.2 Å². The van der Waals surface area contributed by atoms with Crippen LogP contribution in [-0.4, -0.2) is 21.3 Å². The summed E-state index contributed by atoms with van der Waals surface area (Å²) >= 11 is 3.42. The highest BCUT2D eigenvalue weighted by molar-refractivity contribution is 9.10. The third-order valence-corrected chi connectivity index (χ3v) is 3.21. The van der Waals surface area contributed by atoms with Crippen LogP contribution in [0.1, 0.15) is 16.1 Å². The molecule has 0 spiro atoms. The van der Waals surface area contributed by atoms with Gasteiger partial charge in [-0.15, -0.1) is 0 Å². The minimum atomic E-state index is -1.01. The van der Waals surface area contributed by atoms with E-state index in [9.17, 15) is 4.79 Å². The van der Waals surface area contributed by atoms with Crippen molar-refractivity contribution in [1.29, 1.82) is 0 Å². The summed E-state index contributed by atoms with van der Waals surface area (Å²) in [6.45, 7) is 1.95. The van der Waals surface area contributed by atoms with Gasteiger partial charge in [0.25, 0.3) is 0 Å². The molecule has 0 saturated heterocycles. The van der Waals surface area contributed by atoms with E-state index in [0.29, 0.717) is 5.69 Å². The predicted molar refractivity (Wildman–Crippen MR) is 63.4 cm³/mol. The number of aromatic nitrogens is 2. The molecule has 0 unspecified atom stereocenters. The first kappa shape index (κ1) is 10.9. The van der Waals surface area contributed by atoms with Crippen molar-refractivity contribution in [3.8, 4) is 11.3 Å². The van der Waals surface area contributed by atoms with Gasteiger partial charge in [0.2, 0.25) is 0 Å². The summed E-state index contributed by atoms with van der Waals surface area (Å²) in [5.74, 6) is -1.01. The number of benzene rings is 1. The van der Waals surface area contributed by atoms with Crippen LogP contribution in [0.15, 0.2) is 28.7 Å². The Kier molecular flexibility index (Phi) is 2.78. The Bertz CT molecular complexity index is 549. The largest absolute Gasteiger partial charge is 0.477 e. The Morgan fingerprint density at radius 2 is 2.25 bits per heavy atom. The number of hydrogen-bond acceptors (Lipinski definition) is 2. The van der Waals surface area contributed by atoms with E-state index in [4.69, 9.17) is 5.11 Å². The van der Waals surface area contributed by atoms with Crippen LogP contribution >= 0.6 is 15.9 Å². The average Bonchev–Trinajstić information content (AvgIpc) is 2.71. The molecule has 0 radical (unpaired) electrons. The number of carboxylic acids is 1. The Hall–Kier alpha value is -1.62. The van der Waals surface area contributed by atoms with E-state index in [2.05, 4.69) is 26.1 Å². The second-order valence-electron chi connectivity index (χ2n) is 3.38. The number of aromatic carboxylic acids is 1. The quantitative estimate of drug-likeness (QED) is 0.889. The lowest BCUT2D eigenvalue weighted by molar-refractivity contribution is 0.0690. The van der Waals surface area contributed by atoms with Crippen LogP contribution in [0.4, 0.5) is 0 Å². The molecule has 1 heterocycles. The van der Waals surface area contributed by atoms with Crippen molar-refractivity contribution in [3.05, 3.63) is 40.0 Å². The number of halogens is 1. The molecule has 0 bridgehead atoms. The van der Waals surface area contributed by atoms with Crippen LogP contribution in [0, 0.1) is 6.92 Å². The molecule has 5 heteroatoms. The zero-order chi connectivity index (χ0) is 11.7. The molecule has 0 amide bonds. The Labute approximate surface area is 100 Å². The molecule has 0 aliphatic heterocycles. The smallest absolute Gasteiger partial charge is 0.353 e. The van der Waals surface area contributed by atoms with Gasteiger partial charge in [-0.2, -0.15) is 5.10 Å². The number of carboxylic acid groups (broad SMARTS) is 1. The summed E-state index contributed by atoms with van der Waals surface area (Å²) < 4.78 is 0.977. The van der Waals surface area contributed by atoms with Gasteiger partial charge in [-0.25, -0.2) is 4.79 Å². The molecule has 0 aliphatic rings. The molecule has 0 aliphatic carbocycles. The maximum atomic E-state index is 10.7. The lowest BCUT2D eigenvalue weighted by Crippen LogP contribution is -1.95. The number of carbonyl (C=O) groups is 1. The summed E-state index contributed by atoms with van der Waals surface area (Å²) in [5, 5.41) is 15.3. The van der Waals surface area contributed by atoms with Crippen LogP contribution in [0.5, 0.6) is 0 Å². The van der Waals surface area contributed by atoms with Crippen LogP contribution in [0.2, 0.25) is 0 Å². The molecule has 16 heavy (non-hydrogen) atoms. The van der Waals surface area contributed by atoms with Gasteiger partial charge in [0, 0.05) is 10.0 Å². The normalized spacial score (nSPS) is 10.4. The Morgan fingerprint density at radius 1 is 1.50 bits per heavy atom. The molecular formula is C11H9BrN2O2. The molecule has 0 saturated carbocycles. The van der Waals surface area contributed by atoms with Crippen LogP contribution in [0.25, 0.3) is 11.3 Å². The van der Waals surface area contributed by atoms with E-state index in [1.807, 2.05) is 25.1 Å². The SMILES string of the molecule is Cc1c(Br)cccc1-c1cc(C(=O)O)[nH]n1. The van der Waals surface area contributed by atoms with E-state index in [1.165, 1.54) is 6.07 Å². The predicted octanol–water partition coefficient (Wildman–Crippen LogP) is 2.85. The molecule has 0 fully saturated rings. The van der Waals surface area contributed by atoms with Crippen molar-refractivity contribution in [2.75, 3.05) is 0 Å². The highest BCUT2D eigenvalue weighted by Gasteiger charge is 2.11. The standard InChI is InChI=1S/C11H9BrN2O2/c1-6-7(3-2-4-8(6)12)9-5-10(11(15)16)14-13-9/h2-5H,1H3,(H,13,14)(H,15,16). The number of rotatable bonds is 2. The van der Waals surface area contributed by atoms with Crippen LogP contribution in [0.3, 0.4) is 0 Å². The summed E-state index contributed by atoms with van der Waals surface area (Å²) in [4.78, 5) is 10.7. The second-order valence-corrected chi connectivity index (χ2v) is 4.24. The lowest BCUT2D eigenvalue weighted by atomic mass is 10.1. The van der Waals surface area contributed by atoms with E-state index in [-0.39, 0.29) is 5.69 Å². The third kappa shape index (κ3) is 1.86. The van der Waals surface area contributed by atoms with Crippen molar-refractivity contribution < 1.29 is 9.90 Å². The molecule has 2 rings (SSSR count). The van der Waals surface area contributed by atoms with Crippen LogP contribution < -0.4 is 0 Å². The first-order valence-electron chi connectivity index (χ1n) is 4.64. The van der Waals surface area contributed by atoms with Gasteiger partial charge in [0.15, 0.2) is 0 Å². The second kappa shape index (κ2) is 4.09. The zero-order valence-corrected chi connectivity index (χ0v) is 10.1. The minimum Gasteiger partial charge on any atom is -0.477 e. The highest BCUT2D eigenvalue weighted by Crippen LogP contribution is 2.27. The average molecular weight is 281 g/mol. The summed E-state index contributed by atoms with van der Waals surface area (Å²) in [7, 11) is 0. The fourth-order valence-corrected chi connectivity index (χ4v) is 1.82. The van der Waals surface area contributed by atoms with Crippen molar-refractivity contribution >= 4 is 21.9 Å². The molecule has 2 aromatic rings. The topological polar surface area (TPSA) is 66.0 Å². The Balaban J connectivity index is 2.50. The molecular weight excluding hydrogens is 272 g/mol. The van der Waals surface area contributed by atoms with Crippen LogP contribution in [-0.2, 0) is 0 Å². The minimum absolute atomic E-state index is 0.0920. The molecule has 82 valence electrons. The maximum Gasteiger partial charge on any atom is 0.353 e. The van der Waals surface area contributed by atoms with Gasteiger partial charge in [-0.3, -0.25) is 5.10 Å². The maximum absolute atomic E-state index is 10.7. The monoisotopic (exact) mass is 280 g/mol. The van der Waals surface area contributed by atoms with Gasteiger partial charge in [-0.1, -0.05) is 28.1 Å². The van der Waals surface area contributed by atoms with Gasteiger partial charge in [-0.05, 0) is 24.6 Å². The van der Waals surface area contributed by atoms with E-state index < -0.39 is 5.97 Å². The first-order chi connectivity index (χ1) is 7.59. The Morgan fingerprint density at radius 3 is 2.88 bits per heavy atom.